The summed E-state index contributed by atoms with van der Waals surface area (Å²) in [4.78, 5) is 48.4. The molecule has 2 aromatic heterocycles. The first-order chi connectivity index (χ1) is 16.3. The van der Waals surface area contributed by atoms with Crippen LogP contribution in [-0.2, 0) is 9.59 Å². The Bertz CT molecular complexity index is 1450. The zero-order valence-electron chi connectivity index (χ0n) is 17.3. The van der Waals surface area contributed by atoms with Crippen LogP contribution in [0.2, 0.25) is 5.15 Å². The van der Waals surface area contributed by atoms with Crippen molar-refractivity contribution in [1.29, 1.82) is 0 Å². The number of pyridine rings is 1. The molecule has 3 heterocycles. The van der Waals surface area contributed by atoms with E-state index in [0.717, 1.165) is 14.0 Å². The SMILES string of the molecule is O=C(O)[C@H](c1ccc(Cl)nc1)N1C(=O)c2cc(I)ccc2NC(=O)[C@@H]1c1c[nH]c2ccccc12. The number of halogens is 2. The van der Waals surface area contributed by atoms with E-state index in [1.54, 1.807) is 24.4 Å². The molecular weight excluding hydrogens is 571 g/mol. The van der Waals surface area contributed by atoms with Crippen LogP contribution in [0.25, 0.3) is 10.9 Å². The molecule has 10 heteroatoms. The smallest absolute Gasteiger partial charge is 0.331 e. The number of para-hydroxylation sites is 1. The molecule has 5 rings (SSSR count). The lowest BCUT2D eigenvalue weighted by Crippen LogP contribution is -2.44. The van der Waals surface area contributed by atoms with Crippen molar-refractivity contribution in [1.82, 2.24) is 14.9 Å². The van der Waals surface area contributed by atoms with Crippen molar-refractivity contribution in [3.63, 3.8) is 0 Å². The molecule has 4 aromatic rings. The van der Waals surface area contributed by atoms with Gasteiger partial charge in [-0.3, -0.25) is 9.59 Å². The summed E-state index contributed by atoms with van der Waals surface area (Å²) in [5, 5.41) is 14.0. The normalized spacial score (nSPS) is 16.6. The number of carbonyl (C=O) groups is 3. The fourth-order valence-electron chi connectivity index (χ4n) is 4.23. The number of benzene rings is 2. The Morgan fingerprint density at radius 2 is 1.94 bits per heavy atom. The zero-order valence-corrected chi connectivity index (χ0v) is 20.2. The number of aromatic nitrogens is 2. The lowest BCUT2D eigenvalue weighted by molar-refractivity contribution is -0.144. The predicted molar refractivity (Wildman–Crippen MR) is 135 cm³/mol. The Balaban J connectivity index is 1.77. The standard InChI is InChI=1S/C24H16ClIN4O4/c25-19-8-5-12(10-28-19)20(24(33)34)30-21(16-11-27-17-4-2-1-3-14(16)17)22(31)29-18-7-6-13(26)9-15(18)23(30)32/h1-11,20-21,27H,(H,29,31)(H,33,34)/t20-,21-/m0/s1. The van der Waals surface area contributed by atoms with E-state index < -0.39 is 29.9 Å². The van der Waals surface area contributed by atoms with Crippen LogP contribution in [0.3, 0.4) is 0 Å². The summed E-state index contributed by atoms with van der Waals surface area (Å²) in [6.07, 6.45) is 2.94. The molecule has 34 heavy (non-hydrogen) atoms. The average Bonchev–Trinajstić information content (AvgIpc) is 3.20. The minimum atomic E-state index is -1.49. The second-order valence-corrected chi connectivity index (χ2v) is 9.37. The van der Waals surface area contributed by atoms with E-state index in [0.29, 0.717) is 16.6 Å². The van der Waals surface area contributed by atoms with Crippen molar-refractivity contribution in [3.8, 4) is 0 Å². The maximum absolute atomic E-state index is 14.0. The van der Waals surface area contributed by atoms with Gasteiger partial charge in [-0.05, 0) is 52.9 Å². The van der Waals surface area contributed by atoms with Gasteiger partial charge in [0.05, 0.1) is 11.3 Å². The van der Waals surface area contributed by atoms with E-state index in [4.69, 9.17) is 11.6 Å². The first-order valence-corrected chi connectivity index (χ1v) is 11.6. The molecule has 1 aliphatic heterocycles. The third-order valence-electron chi connectivity index (χ3n) is 5.72. The van der Waals surface area contributed by atoms with Crippen molar-refractivity contribution >= 4 is 68.6 Å². The third-order valence-corrected chi connectivity index (χ3v) is 6.62. The van der Waals surface area contributed by atoms with Crippen LogP contribution in [0.5, 0.6) is 0 Å². The quantitative estimate of drug-likeness (QED) is 0.235. The number of nitrogens with zero attached hydrogens (tertiary/aromatic N) is 2. The van der Waals surface area contributed by atoms with Gasteiger partial charge in [0.15, 0.2) is 6.04 Å². The van der Waals surface area contributed by atoms with Gasteiger partial charge in [-0.1, -0.05) is 35.9 Å². The van der Waals surface area contributed by atoms with Crippen LogP contribution in [-0.4, -0.2) is 37.8 Å². The monoisotopic (exact) mass is 586 g/mol. The molecule has 2 atom stereocenters. The number of fused-ring (bicyclic) bond motifs is 2. The van der Waals surface area contributed by atoms with Gasteiger partial charge in [0.2, 0.25) is 0 Å². The van der Waals surface area contributed by atoms with Gasteiger partial charge in [0.1, 0.15) is 11.2 Å². The Hall–Kier alpha value is -3.44. The van der Waals surface area contributed by atoms with Crippen molar-refractivity contribution in [3.05, 3.63) is 92.4 Å². The topological polar surface area (TPSA) is 115 Å². The molecule has 2 aromatic carbocycles. The highest BCUT2D eigenvalue weighted by atomic mass is 127. The number of anilines is 1. The minimum absolute atomic E-state index is 0.181. The van der Waals surface area contributed by atoms with Gasteiger partial charge in [-0.15, -0.1) is 0 Å². The Kier molecular flexibility index (Phi) is 5.74. The number of aliphatic carboxylic acids is 1. The van der Waals surface area contributed by atoms with E-state index in [1.807, 2.05) is 24.3 Å². The molecule has 0 unspecified atom stereocenters. The molecule has 8 nitrogen and oxygen atoms in total. The van der Waals surface area contributed by atoms with Gasteiger partial charge in [-0.2, -0.15) is 0 Å². The highest BCUT2D eigenvalue weighted by Crippen LogP contribution is 2.40. The highest BCUT2D eigenvalue weighted by molar-refractivity contribution is 14.1. The van der Waals surface area contributed by atoms with Crippen molar-refractivity contribution in [2.24, 2.45) is 0 Å². The van der Waals surface area contributed by atoms with E-state index >= 15 is 0 Å². The van der Waals surface area contributed by atoms with Gasteiger partial charge < -0.3 is 20.3 Å². The molecule has 0 saturated heterocycles. The van der Waals surface area contributed by atoms with Crippen LogP contribution in [0.15, 0.2) is 67.0 Å². The van der Waals surface area contributed by atoms with E-state index in [1.165, 1.54) is 18.3 Å². The predicted octanol–water partition coefficient (Wildman–Crippen LogP) is 4.78. The number of carbonyl (C=O) groups excluding carboxylic acids is 2. The average molecular weight is 587 g/mol. The number of aromatic amines is 1. The molecule has 170 valence electrons. The fraction of sp³-hybridized carbons (Fsp3) is 0.0833. The lowest BCUT2D eigenvalue weighted by atomic mass is 9.98. The summed E-state index contributed by atoms with van der Waals surface area (Å²) >= 11 is 7.98. The van der Waals surface area contributed by atoms with Gasteiger partial charge >= 0.3 is 5.97 Å². The van der Waals surface area contributed by atoms with Gasteiger partial charge in [0.25, 0.3) is 11.8 Å². The number of carboxylic acids is 1. The van der Waals surface area contributed by atoms with Crippen LogP contribution in [0, 0.1) is 3.57 Å². The minimum Gasteiger partial charge on any atom is -0.479 e. The molecule has 1 aliphatic rings. The maximum Gasteiger partial charge on any atom is 0.331 e. The summed E-state index contributed by atoms with van der Waals surface area (Å²) < 4.78 is 0.768. The van der Waals surface area contributed by atoms with Crippen molar-refractivity contribution < 1.29 is 19.5 Å². The third kappa shape index (κ3) is 3.80. The molecule has 0 spiro atoms. The maximum atomic E-state index is 14.0. The number of nitrogens with one attached hydrogen (secondary N) is 2. The largest absolute Gasteiger partial charge is 0.479 e. The van der Waals surface area contributed by atoms with Crippen molar-refractivity contribution in [2.75, 3.05) is 5.32 Å². The Morgan fingerprint density at radius 1 is 1.15 bits per heavy atom. The summed E-state index contributed by atoms with van der Waals surface area (Å²) in [5.74, 6) is -2.42. The van der Waals surface area contributed by atoms with Gasteiger partial charge in [-0.25, -0.2) is 9.78 Å². The lowest BCUT2D eigenvalue weighted by Gasteiger charge is -2.33. The summed E-state index contributed by atoms with van der Waals surface area (Å²) in [6, 6.07) is 12.6. The van der Waals surface area contributed by atoms with Crippen LogP contribution < -0.4 is 5.32 Å². The Morgan fingerprint density at radius 3 is 2.68 bits per heavy atom. The molecule has 0 aliphatic carbocycles. The number of amides is 2. The molecule has 3 N–H and O–H groups in total. The van der Waals surface area contributed by atoms with Crippen molar-refractivity contribution in [2.45, 2.75) is 12.1 Å². The molecular formula is C24H16ClIN4O4. The van der Waals surface area contributed by atoms with E-state index in [9.17, 15) is 19.5 Å². The number of rotatable bonds is 4. The van der Waals surface area contributed by atoms with Crippen LogP contribution in [0.4, 0.5) is 5.69 Å². The fourth-order valence-corrected chi connectivity index (χ4v) is 4.84. The van der Waals surface area contributed by atoms with Gasteiger partial charge in [0, 0.05) is 38.0 Å². The molecule has 0 radical (unpaired) electrons. The van der Waals surface area contributed by atoms with E-state index in [-0.39, 0.29) is 16.3 Å². The summed E-state index contributed by atoms with van der Waals surface area (Å²) in [6.45, 7) is 0. The number of hydrogen-bond donors (Lipinski definition) is 3. The highest BCUT2D eigenvalue weighted by Gasteiger charge is 2.44. The van der Waals surface area contributed by atoms with Crippen LogP contribution >= 0.6 is 34.2 Å². The molecule has 0 bridgehead atoms. The summed E-state index contributed by atoms with van der Waals surface area (Å²) in [7, 11) is 0. The Labute approximate surface area is 212 Å². The van der Waals surface area contributed by atoms with Crippen LogP contribution in [0.1, 0.15) is 33.6 Å². The first-order valence-electron chi connectivity index (χ1n) is 10.2. The molecule has 0 fully saturated rings. The zero-order chi connectivity index (χ0) is 24.0. The second-order valence-electron chi connectivity index (χ2n) is 7.74. The molecule has 2 amide bonds. The first kappa shape index (κ1) is 22.4. The number of H-pyrrole nitrogens is 1. The van der Waals surface area contributed by atoms with E-state index in [2.05, 4.69) is 37.9 Å². The molecule has 0 saturated carbocycles. The summed E-state index contributed by atoms with van der Waals surface area (Å²) in [5.41, 5.74) is 1.99. The number of carboxylic acid groups (broad SMARTS) is 1. The second kappa shape index (κ2) is 8.73. The number of hydrogen-bond acceptors (Lipinski definition) is 4.